The molecule has 23 heavy (non-hydrogen) atoms. The van der Waals surface area contributed by atoms with Crippen molar-refractivity contribution < 1.29 is 14.0 Å². The highest BCUT2D eigenvalue weighted by Gasteiger charge is 2.22. The third-order valence-electron chi connectivity index (χ3n) is 3.76. The first kappa shape index (κ1) is 16.9. The lowest BCUT2D eigenvalue weighted by Crippen LogP contribution is -2.39. The Kier molecular flexibility index (Phi) is 4.98. The molecule has 1 N–H and O–H groups in total. The van der Waals surface area contributed by atoms with Gasteiger partial charge in [-0.05, 0) is 23.6 Å². The normalized spacial score (nSPS) is 11.0. The molecule has 2 amide bonds. The molecule has 7 heteroatoms. The SMILES string of the molecule is CNC(=O)N(CCC=O)c1nn(C)c2cc(C(C)C)c(F)cc12. The van der Waals surface area contributed by atoms with Crippen LogP contribution in [0.5, 0.6) is 0 Å². The van der Waals surface area contributed by atoms with Crippen LogP contribution in [-0.4, -0.2) is 35.7 Å². The molecule has 124 valence electrons. The lowest BCUT2D eigenvalue weighted by Gasteiger charge is -2.19. The number of amides is 2. The molecule has 0 aliphatic carbocycles. The number of benzene rings is 1. The van der Waals surface area contributed by atoms with Crippen molar-refractivity contribution in [1.29, 1.82) is 0 Å². The van der Waals surface area contributed by atoms with Gasteiger partial charge >= 0.3 is 6.03 Å². The fourth-order valence-electron chi connectivity index (χ4n) is 2.54. The summed E-state index contributed by atoms with van der Waals surface area (Å²) >= 11 is 0. The average molecular weight is 320 g/mol. The zero-order chi connectivity index (χ0) is 17.1. The maximum absolute atomic E-state index is 14.3. The van der Waals surface area contributed by atoms with Crippen molar-refractivity contribution in [3.63, 3.8) is 0 Å². The van der Waals surface area contributed by atoms with Crippen LogP contribution in [0.3, 0.4) is 0 Å². The molecule has 0 aliphatic rings. The summed E-state index contributed by atoms with van der Waals surface area (Å²) in [6, 6.07) is 2.78. The fraction of sp³-hybridized carbons (Fsp3) is 0.438. The summed E-state index contributed by atoms with van der Waals surface area (Å²) in [5, 5.41) is 7.42. The molecule has 0 saturated carbocycles. The first-order valence-electron chi connectivity index (χ1n) is 7.49. The van der Waals surface area contributed by atoms with Gasteiger partial charge in [0.15, 0.2) is 5.82 Å². The number of nitrogens with zero attached hydrogens (tertiary/aromatic N) is 3. The molecule has 0 atom stereocenters. The Labute approximate surface area is 134 Å². The molecular weight excluding hydrogens is 299 g/mol. The number of fused-ring (bicyclic) bond motifs is 1. The molecule has 6 nitrogen and oxygen atoms in total. The lowest BCUT2D eigenvalue weighted by atomic mass is 10.0. The number of carbonyl (C=O) groups excluding carboxylic acids is 2. The quantitative estimate of drug-likeness (QED) is 0.861. The Balaban J connectivity index is 2.61. The van der Waals surface area contributed by atoms with Crippen molar-refractivity contribution in [3.8, 4) is 0 Å². The van der Waals surface area contributed by atoms with Crippen molar-refractivity contribution in [2.24, 2.45) is 7.05 Å². The van der Waals surface area contributed by atoms with E-state index in [1.165, 1.54) is 18.0 Å². The second-order valence-corrected chi connectivity index (χ2v) is 5.65. The van der Waals surface area contributed by atoms with Gasteiger partial charge in [0, 0.05) is 32.4 Å². The van der Waals surface area contributed by atoms with E-state index < -0.39 is 0 Å². The van der Waals surface area contributed by atoms with Crippen LogP contribution >= 0.6 is 0 Å². The van der Waals surface area contributed by atoms with E-state index in [4.69, 9.17) is 0 Å². The highest BCUT2D eigenvalue weighted by molar-refractivity contribution is 6.01. The van der Waals surface area contributed by atoms with Crippen LogP contribution in [0.1, 0.15) is 31.7 Å². The number of halogens is 1. The maximum Gasteiger partial charge on any atom is 0.322 e. The molecule has 0 aliphatic heterocycles. The van der Waals surface area contributed by atoms with Gasteiger partial charge in [0.2, 0.25) is 0 Å². The molecule has 0 unspecified atom stereocenters. The summed E-state index contributed by atoms with van der Waals surface area (Å²) in [5.41, 5.74) is 1.34. The van der Waals surface area contributed by atoms with Crippen molar-refractivity contribution in [1.82, 2.24) is 15.1 Å². The fourth-order valence-corrected chi connectivity index (χ4v) is 2.54. The van der Waals surface area contributed by atoms with Gasteiger partial charge in [-0.2, -0.15) is 5.10 Å². The zero-order valence-corrected chi connectivity index (χ0v) is 13.8. The van der Waals surface area contributed by atoms with Crippen LogP contribution in [0.2, 0.25) is 0 Å². The van der Waals surface area contributed by atoms with Gasteiger partial charge < -0.3 is 10.1 Å². The number of hydrogen-bond donors (Lipinski definition) is 1. The Hall–Kier alpha value is -2.44. The molecule has 1 aromatic heterocycles. The van der Waals surface area contributed by atoms with E-state index in [2.05, 4.69) is 10.4 Å². The molecule has 1 heterocycles. The van der Waals surface area contributed by atoms with E-state index in [0.717, 1.165) is 11.8 Å². The standard InChI is InChI=1S/C16H21FN4O2/c1-10(2)11-9-14-12(8-13(11)17)15(19-20(14)4)21(6-5-7-22)16(23)18-3/h7-10H,5-6H2,1-4H3,(H,18,23). The van der Waals surface area contributed by atoms with Gasteiger partial charge in [-0.15, -0.1) is 0 Å². The van der Waals surface area contributed by atoms with E-state index in [0.29, 0.717) is 16.8 Å². The smallest absolute Gasteiger partial charge is 0.322 e. The van der Waals surface area contributed by atoms with E-state index in [-0.39, 0.29) is 30.7 Å². The van der Waals surface area contributed by atoms with E-state index in [9.17, 15) is 14.0 Å². The van der Waals surface area contributed by atoms with E-state index >= 15 is 0 Å². The Morgan fingerprint density at radius 1 is 1.48 bits per heavy atom. The number of aryl methyl sites for hydroxylation is 1. The molecule has 2 aromatic rings. The van der Waals surface area contributed by atoms with Crippen LogP contribution in [0.4, 0.5) is 15.0 Å². The van der Waals surface area contributed by atoms with Crippen LogP contribution in [-0.2, 0) is 11.8 Å². The summed E-state index contributed by atoms with van der Waals surface area (Å²) in [7, 11) is 3.24. The topological polar surface area (TPSA) is 67.2 Å². The van der Waals surface area contributed by atoms with Crippen LogP contribution in [0, 0.1) is 5.82 Å². The summed E-state index contributed by atoms with van der Waals surface area (Å²) in [4.78, 5) is 24.1. The van der Waals surface area contributed by atoms with Gasteiger partial charge in [0.25, 0.3) is 0 Å². The zero-order valence-electron chi connectivity index (χ0n) is 13.8. The minimum atomic E-state index is -0.389. The molecule has 0 bridgehead atoms. The largest absolute Gasteiger partial charge is 0.341 e. The molecule has 0 radical (unpaired) electrons. The Morgan fingerprint density at radius 2 is 2.17 bits per heavy atom. The number of carbonyl (C=O) groups is 2. The number of anilines is 1. The summed E-state index contributed by atoms with van der Waals surface area (Å²) in [5.74, 6) is 0.0646. The number of aldehydes is 1. The molecule has 0 saturated heterocycles. The van der Waals surface area contributed by atoms with Crippen molar-refractivity contribution in [2.45, 2.75) is 26.2 Å². The third kappa shape index (κ3) is 3.18. The molecule has 1 aromatic carbocycles. The van der Waals surface area contributed by atoms with Crippen molar-refractivity contribution >= 4 is 29.0 Å². The minimum Gasteiger partial charge on any atom is -0.341 e. The third-order valence-corrected chi connectivity index (χ3v) is 3.76. The van der Waals surface area contributed by atoms with E-state index in [1.54, 1.807) is 17.8 Å². The summed E-state index contributed by atoms with van der Waals surface area (Å²) < 4.78 is 16.0. The van der Waals surface area contributed by atoms with Gasteiger partial charge in [0.1, 0.15) is 12.1 Å². The highest BCUT2D eigenvalue weighted by Crippen LogP contribution is 2.31. The first-order valence-corrected chi connectivity index (χ1v) is 7.49. The average Bonchev–Trinajstić information content (AvgIpc) is 2.82. The second-order valence-electron chi connectivity index (χ2n) is 5.65. The van der Waals surface area contributed by atoms with Gasteiger partial charge in [-0.3, -0.25) is 9.58 Å². The first-order chi connectivity index (χ1) is 10.9. The molecule has 2 rings (SSSR count). The number of hydrogen-bond acceptors (Lipinski definition) is 3. The second kappa shape index (κ2) is 6.76. The lowest BCUT2D eigenvalue weighted by molar-refractivity contribution is -0.107. The van der Waals surface area contributed by atoms with E-state index in [1.807, 2.05) is 13.8 Å². The van der Waals surface area contributed by atoms with Gasteiger partial charge in [-0.1, -0.05) is 13.8 Å². The van der Waals surface area contributed by atoms with Crippen LogP contribution in [0.25, 0.3) is 10.9 Å². The van der Waals surface area contributed by atoms with Gasteiger partial charge in [-0.25, -0.2) is 9.18 Å². The van der Waals surface area contributed by atoms with Crippen molar-refractivity contribution in [3.05, 3.63) is 23.5 Å². The number of urea groups is 1. The summed E-state index contributed by atoms with van der Waals surface area (Å²) in [6.45, 7) is 4.02. The Morgan fingerprint density at radius 3 is 2.74 bits per heavy atom. The number of nitrogens with one attached hydrogen (secondary N) is 1. The predicted molar refractivity (Wildman–Crippen MR) is 87.2 cm³/mol. The minimum absolute atomic E-state index is 0.0443. The van der Waals surface area contributed by atoms with Crippen molar-refractivity contribution in [2.75, 3.05) is 18.5 Å². The monoisotopic (exact) mass is 320 g/mol. The van der Waals surface area contributed by atoms with Crippen LogP contribution in [0.15, 0.2) is 12.1 Å². The molecule has 0 fully saturated rings. The molecular formula is C16H21FN4O2. The van der Waals surface area contributed by atoms with Crippen LogP contribution < -0.4 is 10.2 Å². The molecule has 0 spiro atoms. The highest BCUT2D eigenvalue weighted by atomic mass is 19.1. The predicted octanol–water partition coefficient (Wildman–Crippen LogP) is 2.57. The Bertz CT molecular complexity index is 739. The maximum atomic E-state index is 14.3. The number of rotatable bonds is 5. The summed E-state index contributed by atoms with van der Waals surface area (Å²) in [6.07, 6.45) is 0.913. The number of aromatic nitrogens is 2. The van der Waals surface area contributed by atoms with Gasteiger partial charge in [0.05, 0.1) is 5.52 Å².